The quantitative estimate of drug-likeness (QED) is 0.418. The van der Waals surface area contributed by atoms with Gasteiger partial charge in [0.25, 0.3) is 0 Å². The lowest BCUT2D eigenvalue weighted by Crippen LogP contribution is -2.40. The summed E-state index contributed by atoms with van der Waals surface area (Å²) < 4.78 is 48.8. The first-order chi connectivity index (χ1) is 17.7. The molecule has 1 saturated heterocycles. The molecule has 1 aromatic heterocycles. The van der Waals surface area contributed by atoms with Gasteiger partial charge in [-0.2, -0.15) is 13.2 Å². The first kappa shape index (κ1) is 26.0. The third kappa shape index (κ3) is 7.45. The zero-order valence-corrected chi connectivity index (χ0v) is 19.8. The fourth-order valence-electron chi connectivity index (χ4n) is 4.09. The first-order valence-corrected chi connectivity index (χ1v) is 11.7. The summed E-state index contributed by atoms with van der Waals surface area (Å²) in [6.07, 6.45) is -1.68. The number of ether oxygens (including phenoxy) is 2. The normalized spacial score (nSPS) is 14.3. The second-order valence-electron chi connectivity index (χ2n) is 8.85. The molecule has 0 unspecified atom stereocenters. The number of piperidine rings is 1. The number of carbonyl (C=O) groups excluding carboxylic acids is 1. The van der Waals surface area contributed by atoms with E-state index in [1.165, 1.54) is 24.3 Å². The van der Waals surface area contributed by atoms with E-state index in [1.807, 2.05) is 24.3 Å². The highest BCUT2D eigenvalue weighted by molar-refractivity contribution is 5.71. The molecular formula is C27H25F3N2O5. The number of aromatic nitrogens is 1. The lowest BCUT2D eigenvalue weighted by atomic mass is 9.90. The van der Waals surface area contributed by atoms with Gasteiger partial charge in [0.2, 0.25) is 5.88 Å². The lowest BCUT2D eigenvalue weighted by molar-refractivity contribution is -0.138. The van der Waals surface area contributed by atoms with Crippen LogP contribution in [0.3, 0.4) is 0 Å². The maximum absolute atomic E-state index is 12.6. The molecule has 1 aliphatic heterocycles. The van der Waals surface area contributed by atoms with Crippen LogP contribution in [0.5, 0.6) is 17.4 Å². The monoisotopic (exact) mass is 514 g/mol. The van der Waals surface area contributed by atoms with Crippen LogP contribution >= 0.6 is 0 Å². The maximum Gasteiger partial charge on any atom is 0.417 e. The standard InChI is InChI=1S/C27H25F3N2O5/c28-27(29,30)21-5-10-24(31-17-21)36-22-6-8-23(9-7-22)37-26(35)32-13-11-20(12-14-32)15-18-1-3-19(4-2-18)16-25(33)34/h1-10,17,20H,11-16H2,(H,33,34). The Morgan fingerprint density at radius 1 is 0.919 bits per heavy atom. The number of likely N-dealkylation sites (tertiary alicyclic amines) is 1. The number of nitrogens with zero attached hydrogens (tertiary/aromatic N) is 2. The number of hydrogen-bond acceptors (Lipinski definition) is 5. The summed E-state index contributed by atoms with van der Waals surface area (Å²) in [6.45, 7) is 1.14. The molecule has 7 nitrogen and oxygen atoms in total. The molecule has 1 aliphatic rings. The van der Waals surface area contributed by atoms with Crippen LogP contribution in [0.4, 0.5) is 18.0 Å². The molecule has 0 bridgehead atoms. The predicted molar refractivity (Wildman–Crippen MR) is 128 cm³/mol. The van der Waals surface area contributed by atoms with E-state index in [2.05, 4.69) is 4.98 Å². The highest BCUT2D eigenvalue weighted by Gasteiger charge is 2.30. The molecule has 37 heavy (non-hydrogen) atoms. The summed E-state index contributed by atoms with van der Waals surface area (Å²) in [5, 5.41) is 8.88. The minimum absolute atomic E-state index is 0.00684. The molecule has 0 saturated carbocycles. The van der Waals surface area contributed by atoms with Gasteiger partial charge in [0, 0.05) is 25.4 Å². The highest BCUT2D eigenvalue weighted by Crippen LogP contribution is 2.30. The molecule has 3 aromatic rings. The Morgan fingerprint density at radius 2 is 1.54 bits per heavy atom. The molecule has 2 aromatic carbocycles. The van der Waals surface area contributed by atoms with Crippen molar-refractivity contribution in [2.45, 2.75) is 31.9 Å². The number of carbonyl (C=O) groups is 2. The molecule has 2 heterocycles. The highest BCUT2D eigenvalue weighted by atomic mass is 19.4. The number of halogens is 3. The number of rotatable bonds is 7. The molecule has 1 amide bonds. The van der Waals surface area contributed by atoms with Gasteiger partial charge in [-0.05, 0) is 66.6 Å². The molecular weight excluding hydrogens is 489 g/mol. The first-order valence-electron chi connectivity index (χ1n) is 11.7. The number of hydrogen-bond donors (Lipinski definition) is 1. The molecule has 0 spiro atoms. The summed E-state index contributed by atoms with van der Waals surface area (Å²) >= 11 is 0. The molecule has 0 aliphatic carbocycles. The molecule has 4 rings (SSSR count). The van der Waals surface area contributed by atoms with Crippen molar-refractivity contribution in [1.29, 1.82) is 0 Å². The Bertz CT molecular complexity index is 1200. The van der Waals surface area contributed by atoms with Crippen LogP contribution < -0.4 is 9.47 Å². The summed E-state index contributed by atoms with van der Waals surface area (Å²) in [5.41, 5.74) is 1.05. The van der Waals surface area contributed by atoms with Gasteiger partial charge in [0.15, 0.2) is 0 Å². The van der Waals surface area contributed by atoms with Crippen molar-refractivity contribution in [3.63, 3.8) is 0 Å². The molecule has 1 N–H and O–H groups in total. The van der Waals surface area contributed by atoms with Gasteiger partial charge in [0.05, 0.1) is 12.0 Å². The van der Waals surface area contributed by atoms with Crippen molar-refractivity contribution in [2.75, 3.05) is 13.1 Å². The Labute approximate surface area is 211 Å². The fourth-order valence-corrected chi connectivity index (χ4v) is 4.09. The van der Waals surface area contributed by atoms with Crippen LogP contribution in [0.1, 0.15) is 29.5 Å². The van der Waals surface area contributed by atoms with Crippen LogP contribution in [0.15, 0.2) is 66.9 Å². The van der Waals surface area contributed by atoms with Crippen LogP contribution in [0.25, 0.3) is 0 Å². The summed E-state index contributed by atoms with van der Waals surface area (Å²) in [4.78, 5) is 28.7. The van der Waals surface area contributed by atoms with E-state index >= 15 is 0 Å². The molecule has 1 fully saturated rings. The van der Waals surface area contributed by atoms with E-state index in [9.17, 15) is 22.8 Å². The number of alkyl halides is 3. The number of carboxylic acids is 1. The fraction of sp³-hybridized carbons (Fsp3) is 0.296. The number of aliphatic carboxylic acids is 1. The van der Waals surface area contributed by atoms with Crippen LogP contribution in [0, 0.1) is 5.92 Å². The van der Waals surface area contributed by atoms with Gasteiger partial charge in [-0.25, -0.2) is 9.78 Å². The van der Waals surface area contributed by atoms with Gasteiger partial charge in [-0.1, -0.05) is 24.3 Å². The smallest absolute Gasteiger partial charge is 0.417 e. The van der Waals surface area contributed by atoms with E-state index in [0.717, 1.165) is 42.5 Å². The minimum Gasteiger partial charge on any atom is -0.481 e. The topological polar surface area (TPSA) is 89.0 Å². The van der Waals surface area contributed by atoms with Crippen molar-refractivity contribution in [1.82, 2.24) is 9.88 Å². The van der Waals surface area contributed by atoms with Crippen LogP contribution in [0.2, 0.25) is 0 Å². The lowest BCUT2D eigenvalue weighted by Gasteiger charge is -2.31. The van der Waals surface area contributed by atoms with Crippen molar-refractivity contribution in [3.05, 3.63) is 83.6 Å². The molecule has 10 heteroatoms. The van der Waals surface area contributed by atoms with E-state index in [1.54, 1.807) is 4.90 Å². The van der Waals surface area contributed by atoms with E-state index < -0.39 is 23.8 Å². The summed E-state index contributed by atoms with van der Waals surface area (Å²) in [7, 11) is 0. The minimum atomic E-state index is -4.47. The van der Waals surface area contributed by atoms with Gasteiger partial charge in [-0.15, -0.1) is 0 Å². The van der Waals surface area contributed by atoms with Crippen LogP contribution in [-0.2, 0) is 23.8 Å². The third-order valence-corrected chi connectivity index (χ3v) is 6.09. The molecule has 0 radical (unpaired) electrons. The number of amides is 1. The third-order valence-electron chi connectivity index (χ3n) is 6.09. The predicted octanol–water partition coefficient (Wildman–Crippen LogP) is 5.97. The Kier molecular flexibility index (Phi) is 7.95. The van der Waals surface area contributed by atoms with Gasteiger partial charge < -0.3 is 19.5 Å². The number of pyridine rings is 1. The summed E-state index contributed by atoms with van der Waals surface area (Å²) in [6, 6.07) is 15.8. The largest absolute Gasteiger partial charge is 0.481 e. The van der Waals surface area contributed by atoms with Crippen molar-refractivity contribution in [2.24, 2.45) is 5.92 Å². The number of carboxylic acid groups (broad SMARTS) is 1. The van der Waals surface area contributed by atoms with E-state index in [0.29, 0.717) is 36.7 Å². The second-order valence-corrected chi connectivity index (χ2v) is 8.85. The van der Waals surface area contributed by atoms with Gasteiger partial charge in [-0.3, -0.25) is 4.79 Å². The van der Waals surface area contributed by atoms with Gasteiger partial charge >= 0.3 is 18.2 Å². The van der Waals surface area contributed by atoms with Crippen LogP contribution in [-0.4, -0.2) is 40.1 Å². The second kappa shape index (κ2) is 11.3. The Hall–Kier alpha value is -4.08. The average Bonchev–Trinajstić information content (AvgIpc) is 2.86. The van der Waals surface area contributed by atoms with E-state index in [-0.39, 0.29) is 12.3 Å². The average molecular weight is 515 g/mol. The van der Waals surface area contributed by atoms with Crippen molar-refractivity contribution >= 4 is 12.1 Å². The number of benzene rings is 2. The Balaban J connectivity index is 1.22. The zero-order valence-electron chi connectivity index (χ0n) is 19.8. The zero-order chi connectivity index (χ0) is 26.4. The van der Waals surface area contributed by atoms with Crippen molar-refractivity contribution in [3.8, 4) is 17.4 Å². The van der Waals surface area contributed by atoms with E-state index in [4.69, 9.17) is 14.6 Å². The SMILES string of the molecule is O=C(O)Cc1ccc(CC2CCN(C(=O)Oc3ccc(Oc4ccc(C(F)(F)F)cn4)cc3)CC2)cc1. The molecule has 194 valence electrons. The maximum atomic E-state index is 12.6. The van der Waals surface area contributed by atoms with Gasteiger partial charge in [0.1, 0.15) is 11.5 Å². The Morgan fingerprint density at radius 3 is 2.11 bits per heavy atom. The van der Waals surface area contributed by atoms with Crippen molar-refractivity contribution < 1.29 is 37.3 Å². The summed E-state index contributed by atoms with van der Waals surface area (Å²) in [5.74, 6) is 0.235. The molecule has 0 atom stereocenters.